The highest BCUT2D eigenvalue weighted by atomic mass is 16.3. The maximum Gasteiger partial charge on any atom is 0.164 e. The maximum atomic E-state index is 6.57. The van der Waals surface area contributed by atoms with Gasteiger partial charge in [0.15, 0.2) is 17.5 Å². The number of fused-ring (bicyclic) bond motifs is 4. The van der Waals surface area contributed by atoms with Crippen LogP contribution in [0.5, 0.6) is 0 Å². The van der Waals surface area contributed by atoms with E-state index >= 15 is 0 Å². The average molecular weight is 680 g/mol. The molecule has 0 N–H and O–H groups in total. The highest BCUT2D eigenvalue weighted by molar-refractivity contribution is 6.00. The summed E-state index contributed by atoms with van der Waals surface area (Å²) in [5, 5.41) is 2.17. The molecule has 3 aromatic carbocycles. The van der Waals surface area contributed by atoms with Gasteiger partial charge in [0.25, 0.3) is 0 Å². The second-order valence-electron chi connectivity index (χ2n) is 14.2. The van der Waals surface area contributed by atoms with Crippen LogP contribution in [-0.2, 0) is 6.42 Å². The summed E-state index contributed by atoms with van der Waals surface area (Å²) in [6.07, 6.45) is 29.5. The van der Waals surface area contributed by atoms with Gasteiger partial charge in [-0.15, -0.1) is 0 Å². The summed E-state index contributed by atoms with van der Waals surface area (Å²) in [5.74, 6) is 3.76. The number of furan rings is 2. The van der Waals surface area contributed by atoms with E-state index in [9.17, 15) is 0 Å². The number of rotatable bonds is 8. The molecule has 0 saturated carbocycles. The van der Waals surface area contributed by atoms with E-state index in [1.165, 1.54) is 0 Å². The molecular formula is C47H41N3O2. The predicted molar refractivity (Wildman–Crippen MR) is 214 cm³/mol. The van der Waals surface area contributed by atoms with E-state index in [4.69, 9.17) is 23.8 Å². The molecule has 256 valence electrons. The van der Waals surface area contributed by atoms with Gasteiger partial charge < -0.3 is 8.83 Å². The molecule has 0 amide bonds. The van der Waals surface area contributed by atoms with Crippen LogP contribution >= 0.6 is 0 Å². The van der Waals surface area contributed by atoms with Crippen LogP contribution in [0.2, 0.25) is 0 Å². The number of benzene rings is 3. The van der Waals surface area contributed by atoms with Gasteiger partial charge >= 0.3 is 0 Å². The van der Waals surface area contributed by atoms with E-state index in [2.05, 4.69) is 99.7 Å². The van der Waals surface area contributed by atoms with Gasteiger partial charge in [-0.2, -0.15) is 0 Å². The monoisotopic (exact) mass is 679 g/mol. The van der Waals surface area contributed by atoms with Gasteiger partial charge in [-0.1, -0.05) is 147 Å². The van der Waals surface area contributed by atoms with Crippen molar-refractivity contribution in [1.29, 1.82) is 0 Å². The van der Waals surface area contributed by atoms with Gasteiger partial charge in [0.2, 0.25) is 0 Å². The Morgan fingerprint density at radius 3 is 2.23 bits per heavy atom. The highest BCUT2D eigenvalue weighted by Crippen LogP contribution is 2.42. The molecule has 5 heteroatoms. The summed E-state index contributed by atoms with van der Waals surface area (Å²) in [4.78, 5) is 15.2. The molecule has 2 aliphatic carbocycles. The van der Waals surface area contributed by atoms with Crippen molar-refractivity contribution in [2.24, 2.45) is 10.8 Å². The maximum absolute atomic E-state index is 6.57. The van der Waals surface area contributed by atoms with E-state index in [1.807, 2.05) is 79.7 Å². The number of para-hydroxylation sites is 1. The Kier molecular flexibility index (Phi) is 8.64. The fourth-order valence-corrected chi connectivity index (χ4v) is 7.04. The lowest BCUT2D eigenvalue weighted by atomic mass is 9.80. The first-order valence-corrected chi connectivity index (χ1v) is 17.9. The Balaban J connectivity index is 1.12. The third-order valence-electron chi connectivity index (χ3n) is 10.1. The molecule has 0 bridgehead atoms. The number of hydrogen-bond donors (Lipinski definition) is 0. The van der Waals surface area contributed by atoms with Crippen molar-refractivity contribution in [2.45, 2.75) is 40.5 Å². The molecule has 8 rings (SSSR count). The molecule has 2 unspecified atom stereocenters. The minimum atomic E-state index is -0.217. The summed E-state index contributed by atoms with van der Waals surface area (Å²) in [7, 11) is 0. The minimum Gasteiger partial charge on any atom is -0.460 e. The third-order valence-corrected chi connectivity index (χ3v) is 10.1. The molecule has 0 saturated heterocycles. The molecule has 2 aliphatic rings. The summed E-state index contributed by atoms with van der Waals surface area (Å²) >= 11 is 0. The average Bonchev–Trinajstić information content (AvgIpc) is 3.70. The molecule has 0 spiro atoms. The first-order chi connectivity index (χ1) is 25.3. The van der Waals surface area contributed by atoms with Crippen LogP contribution < -0.4 is 0 Å². The molecule has 5 nitrogen and oxygen atoms in total. The lowest BCUT2D eigenvalue weighted by Gasteiger charge is -2.24. The van der Waals surface area contributed by atoms with Crippen LogP contribution in [0.25, 0.3) is 62.4 Å². The van der Waals surface area contributed by atoms with Crippen molar-refractivity contribution >= 4 is 39.7 Å². The number of allylic oxidation sites excluding steroid dienone is 12. The SMILES string of the molecule is C/C=C\C=C/C1(C)C=CC(c2nc(-c3ccccc3)nc(-c3cccc4oc5c(c34)C=CC(C)(/C=C/C=C\c3oc4ccccc4c3C)C5)n2)=CC1. The van der Waals surface area contributed by atoms with Crippen molar-refractivity contribution in [3.63, 3.8) is 0 Å². The summed E-state index contributed by atoms with van der Waals surface area (Å²) < 4.78 is 12.6. The van der Waals surface area contributed by atoms with Crippen molar-refractivity contribution in [2.75, 3.05) is 0 Å². The second kappa shape index (κ2) is 13.6. The minimum absolute atomic E-state index is 0.0670. The molecule has 2 atom stereocenters. The Morgan fingerprint density at radius 1 is 0.692 bits per heavy atom. The van der Waals surface area contributed by atoms with Crippen molar-refractivity contribution in [3.05, 3.63) is 168 Å². The fraction of sp³-hybridized carbons (Fsp3) is 0.170. The Labute approximate surface area is 304 Å². The zero-order chi connectivity index (χ0) is 35.7. The van der Waals surface area contributed by atoms with Crippen molar-refractivity contribution in [1.82, 2.24) is 15.0 Å². The Hall–Kier alpha value is -6.07. The topological polar surface area (TPSA) is 65.0 Å². The molecule has 0 fully saturated rings. The third kappa shape index (κ3) is 6.46. The van der Waals surface area contributed by atoms with Crippen LogP contribution in [0, 0.1) is 17.8 Å². The van der Waals surface area contributed by atoms with E-state index in [1.54, 1.807) is 0 Å². The number of aryl methyl sites for hydroxylation is 1. The van der Waals surface area contributed by atoms with Gasteiger partial charge in [-0.05, 0) is 38.5 Å². The van der Waals surface area contributed by atoms with Crippen LogP contribution in [-0.4, -0.2) is 15.0 Å². The smallest absolute Gasteiger partial charge is 0.164 e. The number of hydrogen-bond acceptors (Lipinski definition) is 5. The number of nitrogens with zero attached hydrogens (tertiary/aromatic N) is 3. The Morgan fingerprint density at radius 2 is 1.42 bits per heavy atom. The van der Waals surface area contributed by atoms with Crippen LogP contribution in [0.4, 0.5) is 0 Å². The number of aromatic nitrogens is 3. The van der Waals surface area contributed by atoms with Crippen molar-refractivity contribution in [3.8, 4) is 22.8 Å². The summed E-state index contributed by atoms with van der Waals surface area (Å²) in [6, 6.07) is 24.4. The zero-order valence-corrected chi connectivity index (χ0v) is 30.0. The first-order valence-electron chi connectivity index (χ1n) is 17.9. The first kappa shape index (κ1) is 33.1. The van der Waals surface area contributed by atoms with E-state index in [0.29, 0.717) is 17.5 Å². The predicted octanol–water partition coefficient (Wildman–Crippen LogP) is 12.3. The van der Waals surface area contributed by atoms with Gasteiger partial charge in [0.1, 0.15) is 22.7 Å². The molecule has 6 aromatic rings. The Bertz CT molecular complexity index is 2520. The van der Waals surface area contributed by atoms with Crippen molar-refractivity contribution < 1.29 is 8.83 Å². The van der Waals surface area contributed by atoms with Crippen LogP contribution in [0.1, 0.15) is 55.7 Å². The van der Waals surface area contributed by atoms with Gasteiger partial charge in [0.05, 0.1) is 0 Å². The van der Waals surface area contributed by atoms with Gasteiger partial charge in [-0.25, -0.2) is 15.0 Å². The molecule has 3 heterocycles. The highest BCUT2D eigenvalue weighted by Gasteiger charge is 2.29. The zero-order valence-electron chi connectivity index (χ0n) is 30.0. The largest absolute Gasteiger partial charge is 0.460 e. The molecule has 0 aliphatic heterocycles. The van der Waals surface area contributed by atoms with Crippen LogP contribution in [0.3, 0.4) is 0 Å². The standard InChI is InChI=1S/C47H41N3O2/c1-5-6-13-26-46(3)28-23-34(24-29-46)44-48-43(33-16-8-7-9-17-33)49-45(50-44)37-19-15-22-40-42(37)36-25-30-47(4,31-41(36)52-40)27-14-12-20-38-32(2)35-18-10-11-21-39(35)51-38/h5-28,30H,29,31H2,1-4H3/b6-5-,20-12-,26-13-,27-14+. The van der Waals surface area contributed by atoms with Gasteiger partial charge in [-0.3, -0.25) is 0 Å². The summed E-state index contributed by atoms with van der Waals surface area (Å²) in [5.41, 5.74) is 6.54. The fourth-order valence-electron chi connectivity index (χ4n) is 7.04. The van der Waals surface area contributed by atoms with Gasteiger partial charge in [0, 0.05) is 55.9 Å². The lowest BCUT2D eigenvalue weighted by molar-refractivity contribution is 0.453. The molecular weight excluding hydrogens is 639 g/mol. The molecule has 52 heavy (non-hydrogen) atoms. The lowest BCUT2D eigenvalue weighted by Crippen LogP contribution is -2.16. The molecule has 0 radical (unpaired) electrons. The van der Waals surface area contributed by atoms with E-state index in [0.717, 1.165) is 74.1 Å². The normalized spacial score (nSPS) is 20.3. The summed E-state index contributed by atoms with van der Waals surface area (Å²) in [6.45, 7) is 8.60. The van der Waals surface area contributed by atoms with E-state index < -0.39 is 0 Å². The van der Waals surface area contributed by atoms with Crippen LogP contribution in [0.15, 0.2) is 148 Å². The molecule has 3 aromatic heterocycles. The van der Waals surface area contributed by atoms with E-state index in [-0.39, 0.29) is 10.8 Å². The second-order valence-corrected chi connectivity index (χ2v) is 14.2. The quantitative estimate of drug-likeness (QED) is 0.150.